The maximum atomic E-state index is 12.8. The molecule has 1 aromatic heterocycles. The highest BCUT2D eigenvalue weighted by atomic mass is 32.2. The molecule has 4 heteroatoms. The van der Waals surface area contributed by atoms with Crippen LogP contribution in [0.5, 0.6) is 0 Å². The molecular weight excluding hydrogens is 298 g/mol. The number of Topliss-reactive ketones (excluding diaryl/α,β-unsaturated/α-hetero) is 1. The van der Waals surface area contributed by atoms with Crippen molar-refractivity contribution < 1.29 is 4.79 Å². The first-order valence-corrected chi connectivity index (χ1v) is 9.19. The number of aromatic nitrogens is 1. The Hall–Kier alpha value is -0.870. The number of benzene rings is 1. The summed E-state index contributed by atoms with van der Waals surface area (Å²) in [5.41, 5.74) is 1.28. The molecule has 2 bridgehead atoms. The van der Waals surface area contributed by atoms with E-state index in [1.807, 2.05) is 18.2 Å². The average molecular weight is 317 g/mol. The van der Waals surface area contributed by atoms with E-state index in [0.29, 0.717) is 5.78 Å². The monoisotopic (exact) mass is 317 g/mol. The van der Waals surface area contributed by atoms with Crippen LogP contribution in [0.4, 0.5) is 0 Å². The van der Waals surface area contributed by atoms with Gasteiger partial charge >= 0.3 is 0 Å². The summed E-state index contributed by atoms with van der Waals surface area (Å²) in [7, 11) is 0. The molecule has 1 heterocycles. The number of nitrogens with zero attached hydrogens (tertiary/aromatic N) is 1. The standard InChI is InChI=1S/C17H19NOS2/c1-16(2)10-8-9-17(16,3)14(13(10)19)21-15-18-11-6-4-5-7-12(11)20-15/h4-7,10,14H,8-9H2,1-3H3/t10-,14-,17-/m1/s1. The van der Waals surface area contributed by atoms with Gasteiger partial charge < -0.3 is 0 Å². The third-order valence-electron chi connectivity index (χ3n) is 5.97. The summed E-state index contributed by atoms with van der Waals surface area (Å²) in [6.07, 6.45) is 2.23. The van der Waals surface area contributed by atoms with E-state index in [1.54, 1.807) is 23.1 Å². The van der Waals surface area contributed by atoms with Gasteiger partial charge in [-0.25, -0.2) is 4.98 Å². The summed E-state index contributed by atoms with van der Waals surface area (Å²) in [4.78, 5) is 17.5. The van der Waals surface area contributed by atoms with Gasteiger partial charge in [0.05, 0.1) is 15.5 Å². The molecule has 2 nitrogen and oxygen atoms in total. The molecule has 2 saturated carbocycles. The number of hydrogen-bond donors (Lipinski definition) is 0. The minimum atomic E-state index is 0.0758. The summed E-state index contributed by atoms with van der Waals surface area (Å²) in [6, 6.07) is 8.21. The van der Waals surface area contributed by atoms with E-state index in [4.69, 9.17) is 4.98 Å². The van der Waals surface area contributed by atoms with Gasteiger partial charge in [-0.15, -0.1) is 11.3 Å². The molecular formula is C17H19NOS2. The molecule has 0 spiro atoms. The Labute approximate surface area is 133 Å². The first-order valence-electron chi connectivity index (χ1n) is 7.49. The van der Waals surface area contributed by atoms with Crippen LogP contribution in [0.1, 0.15) is 33.6 Å². The fraction of sp³-hybridized carbons (Fsp3) is 0.529. The number of carbonyl (C=O) groups is 1. The van der Waals surface area contributed by atoms with Crippen LogP contribution in [0.15, 0.2) is 28.6 Å². The predicted octanol–water partition coefficient (Wildman–Crippen LogP) is 4.78. The lowest BCUT2D eigenvalue weighted by atomic mass is 9.71. The fourth-order valence-electron chi connectivity index (χ4n) is 4.18. The molecule has 4 rings (SSSR count). The Morgan fingerprint density at radius 2 is 2.05 bits per heavy atom. The second-order valence-electron chi connectivity index (χ2n) is 7.08. The zero-order valence-corrected chi connectivity index (χ0v) is 14.2. The number of fused-ring (bicyclic) bond motifs is 3. The molecule has 2 fully saturated rings. The van der Waals surface area contributed by atoms with Gasteiger partial charge in [-0.05, 0) is 35.8 Å². The summed E-state index contributed by atoms with van der Waals surface area (Å²) in [5.74, 6) is 0.701. The SMILES string of the molecule is CC1(C)[C@@H]2CC[C@]1(C)[C@H](Sc1nc3ccccc3s1)C2=O. The number of thiazole rings is 1. The van der Waals surface area contributed by atoms with E-state index in [2.05, 4.69) is 26.8 Å². The van der Waals surface area contributed by atoms with Gasteiger partial charge in [0, 0.05) is 5.92 Å². The molecule has 1 aromatic carbocycles. The fourth-order valence-corrected chi connectivity index (χ4v) is 6.94. The molecule has 0 amide bonds. The molecule has 2 aromatic rings. The van der Waals surface area contributed by atoms with E-state index in [1.165, 1.54) is 11.1 Å². The van der Waals surface area contributed by atoms with Crippen molar-refractivity contribution in [2.75, 3.05) is 0 Å². The Kier molecular flexibility index (Phi) is 2.84. The summed E-state index contributed by atoms with van der Waals surface area (Å²) in [5, 5.41) is 0.0758. The van der Waals surface area contributed by atoms with Gasteiger partial charge in [0.1, 0.15) is 5.78 Å². The van der Waals surface area contributed by atoms with Crippen LogP contribution in [-0.4, -0.2) is 16.0 Å². The van der Waals surface area contributed by atoms with Crippen LogP contribution in [-0.2, 0) is 4.79 Å². The van der Waals surface area contributed by atoms with Crippen LogP contribution in [0.3, 0.4) is 0 Å². The second-order valence-corrected chi connectivity index (χ2v) is 9.46. The maximum absolute atomic E-state index is 12.8. The van der Waals surface area contributed by atoms with Crippen LogP contribution >= 0.6 is 23.1 Å². The summed E-state index contributed by atoms with van der Waals surface area (Å²) >= 11 is 3.42. The van der Waals surface area contributed by atoms with Crippen molar-refractivity contribution >= 4 is 39.1 Å². The van der Waals surface area contributed by atoms with Gasteiger partial charge in [0.25, 0.3) is 0 Å². The zero-order chi connectivity index (χ0) is 14.8. The van der Waals surface area contributed by atoms with Gasteiger partial charge in [0.2, 0.25) is 0 Å². The third-order valence-corrected chi connectivity index (χ3v) is 8.62. The van der Waals surface area contributed by atoms with Crippen LogP contribution in [0.2, 0.25) is 0 Å². The van der Waals surface area contributed by atoms with Crippen molar-refractivity contribution in [3.63, 3.8) is 0 Å². The number of ketones is 1. The van der Waals surface area contributed by atoms with Gasteiger partial charge in [-0.1, -0.05) is 44.7 Å². The molecule has 21 heavy (non-hydrogen) atoms. The number of carbonyl (C=O) groups excluding carboxylic acids is 1. The Bertz CT molecular complexity index is 702. The van der Waals surface area contributed by atoms with Crippen LogP contribution in [0.25, 0.3) is 10.2 Å². The van der Waals surface area contributed by atoms with Crippen LogP contribution in [0, 0.1) is 16.7 Å². The largest absolute Gasteiger partial charge is 0.298 e. The zero-order valence-electron chi connectivity index (χ0n) is 12.6. The average Bonchev–Trinajstić information content (AvgIpc) is 2.98. The Balaban J connectivity index is 1.70. The highest BCUT2D eigenvalue weighted by Crippen LogP contribution is 2.67. The molecule has 2 aliphatic rings. The van der Waals surface area contributed by atoms with Gasteiger partial charge in [0.15, 0.2) is 4.34 Å². The number of thioether (sulfide) groups is 1. The maximum Gasteiger partial charge on any atom is 0.151 e. The normalized spacial score (nSPS) is 34.0. The predicted molar refractivity (Wildman–Crippen MR) is 88.9 cm³/mol. The molecule has 0 saturated heterocycles. The third kappa shape index (κ3) is 1.72. The van der Waals surface area contributed by atoms with Crippen molar-refractivity contribution in [1.29, 1.82) is 0 Å². The number of hydrogen-bond acceptors (Lipinski definition) is 4. The molecule has 3 atom stereocenters. The highest BCUT2D eigenvalue weighted by Gasteiger charge is 2.66. The van der Waals surface area contributed by atoms with Gasteiger partial charge in [-0.2, -0.15) is 0 Å². The summed E-state index contributed by atoms with van der Waals surface area (Å²) < 4.78 is 2.25. The van der Waals surface area contributed by atoms with Crippen molar-refractivity contribution in [2.24, 2.45) is 16.7 Å². The lowest BCUT2D eigenvalue weighted by molar-refractivity contribution is -0.122. The Morgan fingerprint density at radius 3 is 2.71 bits per heavy atom. The van der Waals surface area contributed by atoms with Crippen LogP contribution < -0.4 is 0 Å². The molecule has 110 valence electrons. The first-order chi connectivity index (χ1) is 9.93. The van der Waals surface area contributed by atoms with Crippen molar-refractivity contribution in [2.45, 2.75) is 43.2 Å². The lowest BCUT2D eigenvalue weighted by Gasteiger charge is -2.37. The number of para-hydroxylation sites is 1. The molecule has 0 radical (unpaired) electrons. The van der Waals surface area contributed by atoms with E-state index >= 15 is 0 Å². The number of rotatable bonds is 2. The Morgan fingerprint density at radius 1 is 1.29 bits per heavy atom. The molecule has 0 unspecified atom stereocenters. The quantitative estimate of drug-likeness (QED) is 0.798. The molecule has 2 aliphatic carbocycles. The smallest absolute Gasteiger partial charge is 0.151 e. The van der Waals surface area contributed by atoms with Crippen molar-refractivity contribution in [3.8, 4) is 0 Å². The van der Waals surface area contributed by atoms with Crippen molar-refractivity contribution in [1.82, 2.24) is 4.98 Å². The first kappa shape index (κ1) is 13.8. The van der Waals surface area contributed by atoms with E-state index < -0.39 is 0 Å². The highest BCUT2D eigenvalue weighted by molar-refractivity contribution is 8.02. The van der Waals surface area contributed by atoms with Gasteiger partial charge in [-0.3, -0.25) is 4.79 Å². The lowest BCUT2D eigenvalue weighted by Crippen LogP contribution is -2.35. The second kappa shape index (κ2) is 4.32. The molecule has 0 aliphatic heterocycles. The van der Waals surface area contributed by atoms with E-state index in [9.17, 15) is 4.79 Å². The van der Waals surface area contributed by atoms with E-state index in [-0.39, 0.29) is 22.0 Å². The van der Waals surface area contributed by atoms with Crippen molar-refractivity contribution in [3.05, 3.63) is 24.3 Å². The minimum absolute atomic E-state index is 0.0758. The van der Waals surface area contributed by atoms with E-state index in [0.717, 1.165) is 16.3 Å². The topological polar surface area (TPSA) is 30.0 Å². The summed E-state index contributed by atoms with van der Waals surface area (Å²) in [6.45, 7) is 6.87. The minimum Gasteiger partial charge on any atom is -0.298 e. The molecule has 0 N–H and O–H groups in total.